The van der Waals surface area contributed by atoms with Crippen LogP contribution in [0.25, 0.3) is 0 Å². The van der Waals surface area contributed by atoms with Gasteiger partial charge < -0.3 is 44.2 Å². The van der Waals surface area contributed by atoms with Gasteiger partial charge >= 0.3 is 6.09 Å². The second-order valence-electron chi connectivity index (χ2n) is 18.5. The molecule has 358 valence electrons. The summed E-state index contributed by atoms with van der Waals surface area (Å²) in [6.45, 7) is 7.59. The Hall–Kier alpha value is -4.23. The van der Waals surface area contributed by atoms with Crippen molar-refractivity contribution in [2.45, 2.75) is 166 Å². The van der Waals surface area contributed by atoms with Gasteiger partial charge in [0.15, 0.2) is 0 Å². The van der Waals surface area contributed by atoms with Gasteiger partial charge in [0.2, 0.25) is 18.0 Å². The maximum absolute atomic E-state index is 14.5. The van der Waals surface area contributed by atoms with Gasteiger partial charge in [-0.2, -0.15) is 0 Å². The Morgan fingerprint density at radius 1 is 0.938 bits per heavy atom. The fraction of sp³-hybridized carbons (Fsp3) is 0.642. The number of allylic oxidation sites excluding steroid dienone is 1. The molecule has 2 fully saturated rings. The zero-order valence-corrected chi connectivity index (χ0v) is 39.3. The number of hydrogen-bond acceptors (Lipinski definition) is 10. The standard InChI is InChI=1S/C53H77N3O9/c1-4-6-7-8-9-10-11-12-16-27-48(59)56(3)47-37-45(55-65-49-28-19-22-34-61-49)43-35-40(25-17-20-31-57)42(26-18-21-32-58)50-44-36-41(63-52(60)54-38-39-23-14-13-15-24-39)29-30-46(44)64-53(47,51(43)50)62-33-5-2/h5,13-15,23-24,29-30,35-36,40,42,47,49-51,57-58H,2,4,6-12,16-22,25-28,31-34,37-38H2,1,3H3,(H,54,60). The molecule has 2 aromatic carbocycles. The van der Waals surface area contributed by atoms with Crippen molar-refractivity contribution in [2.24, 2.45) is 22.9 Å². The minimum absolute atomic E-state index is 0.0243. The first-order chi connectivity index (χ1) is 31.8. The van der Waals surface area contributed by atoms with E-state index < -0.39 is 30.1 Å². The molecule has 7 unspecified atom stereocenters. The third kappa shape index (κ3) is 13.5. The number of amides is 2. The van der Waals surface area contributed by atoms with Crippen LogP contribution in [0.15, 0.2) is 78.0 Å². The SMILES string of the molecule is C=CCOC12Oc3ccc(OC(=O)NCc4ccccc4)cc3C3C(CCCCO)C(CCCCO)C=C(C(=NOC4CCCCO4)CC1N(C)C(=O)CCCCCCCCCCC)C32. The van der Waals surface area contributed by atoms with Crippen LogP contribution in [0.4, 0.5) is 4.79 Å². The number of aliphatic hydroxyl groups excluding tert-OH is 2. The van der Waals surface area contributed by atoms with Crippen LogP contribution in [-0.4, -0.2) is 84.4 Å². The molecule has 2 aromatic rings. The molecule has 0 bridgehead atoms. The first kappa shape index (κ1) is 50.2. The molecule has 3 N–H and O–H groups in total. The summed E-state index contributed by atoms with van der Waals surface area (Å²) < 4.78 is 26.3. The number of nitrogens with one attached hydrogen (secondary N) is 1. The Morgan fingerprint density at radius 2 is 1.68 bits per heavy atom. The molecule has 6 rings (SSSR count). The normalized spacial score (nSPS) is 25.1. The lowest BCUT2D eigenvalue weighted by molar-refractivity contribution is -0.256. The second-order valence-corrected chi connectivity index (χ2v) is 18.5. The predicted molar refractivity (Wildman–Crippen MR) is 254 cm³/mol. The van der Waals surface area contributed by atoms with Gasteiger partial charge in [0.25, 0.3) is 0 Å². The molecule has 1 saturated heterocycles. The summed E-state index contributed by atoms with van der Waals surface area (Å²) in [6, 6.07) is 14.6. The molecular weight excluding hydrogens is 823 g/mol. The van der Waals surface area contributed by atoms with Gasteiger partial charge in [0.05, 0.1) is 24.8 Å². The van der Waals surface area contributed by atoms with Crippen molar-refractivity contribution in [1.29, 1.82) is 0 Å². The third-order valence-electron chi connectivity index (χ3n) is 13.9. The van der Waals surface area contributed by atoms with Crippen LogP contribution in [0, 0.1) is 17.8 Å². The van der Waals surface area contributed by atoms with Crippen LogP contribution < -0.4 is 14.8 Å². The van der Waals surface area contributed by atoms with Crippen molar-refractivity contribution >= 4 is 17.7 Å². The number of nitrogens with zero attached hydrogens (tertiary/aromatic N) is 2. The Balaban J connectivity index is 1.40. The Labute approximate surface area is 388 Å². The fourth-order valence-electron chi connectivity index (χ4n) is 10.6. The van der Waals surface area contributed by atoms with Gasteiger partial charge in [0.1, 0.15) is 17.5 Å². The predicted octanol–water partition coefficient (Wildman–Crippen LogP) is 10.5. The van der Waals surface area contributed by atoms with E-state index in [1.54, 1.807) is 12.1 Å². The van der Waals surface area contributed by atoms with Crippen molar-refractivity contribution in [3.63, 3.8) is 0 Å². The van der Waals surface area contributed by atoms with Gasteiger partial charge in [0, 0.05) is 57.6 Å². The average Bonchev–Trinajstić information content (AvgIpc) is 3.33. The molecular formula is C53H77N3O9. The van der Waals surface area contributed by atoms with Gasteiger partial charge in [-0.25, -0.2) is 4.79 Å². The molecule has 2 aliphatic heterocycles. The number of unbranched alkanes of at least 4 members (excludes halogenated alkanes) is 10. The highest BCUT2D eigenvalue weighted by Crippen LogP contribution is 2.62. The van der Waals surface area contributed by atoms with E-state index in [1.807, 2.05) is 54.4 Å². The average molecular weight is 900 g/mol. The number of benzene rings is 2. The Bertz CT molecular complexity index is 1850. The van der Waals surface area contributed by atoms with E-state index in [1.165, 1.54) is 38.5 Å². The van der Waals surface area contributed by atoms with Crippen LogP contribution in [-0.2, 0) is 25.7 Å². The van der Waals surface area contributed by atoms with E-state index in [0.29, 0.717) is 50.3 Å². The van der Waals surface area contributed by atoms with E-state index in [9.17, 15) is 19.8 Å². The van der Waals surface area contributed by atoms with Crippen molar-refractivity contribution in [1.82, 2.24) is 10.2 Å². The molecule has 0 aromatic heterocycles. The first-order valence-electron chi connectivity index (χ1n) is 24.9. The number of oxime groups is 1. The molecule has 7 atom stereocenters. The van der Waals surface area contributed by atoms with Gasteiger partial charge in [-0.3, -0.25) is 4.79 Å². The maximum atomic E-state index is 14.5. The van der Waals surface area contributed by atoms with Crippen molar-refractivity contribution in [3.05, 3.63) is 84.0 Å². The lowest BCUT2D eigenvalue weighted by Crippen LogP contribution is -2.69. The fourth-order valence-corrected chi connectivity index (χ4v) is 10.6. The minimum Gasteiger partial charge on any atom is -0.459 e. The molecule has 2 aliphatic carbocycles. The van der Waals surface area contributed by atoms with E-state index in [-0.39, 0.29) is 43.5 Å². The van der Waals surface area contributed by atoms with Crippen molar-refractivity contribution in [2.75, 3.05) is 33.5 Å². The summed E-state index contributed by atoms with van der Waals surface area (Å²) in [5.41, 5.74) is 3.53. The highest BCUT2D eigenvalue weighted by atomic mass is 16.8. The number of carbonyl (C=O) groups excluding carboxylic acids is 2. The number of aliphatic hydroxyl groups is 2. The van der Waals surface area contributed by atoms with E-state index >= 15 is 0 Å². The summed E-state index contributed by atoms with van der Waals surface area (Å²) in [7, 11) is 1.87. The summed E-state index contributed by atoms with van der Waals surface area (Å²) >= 11 is 0. The number of fused-ring (bicyclic) bond motifs is 2. The quantitative estimate of drug-likeness (QED) is 0.0453. The van der Waals surface area contributed by atoms with Crippen LogP contribution in [0.5, 0.6) is 11.5 Å². The molecule has 12 nitrogen and oxygen atoms in total. The van der Waals surface area contributed by atoms with Crippen LogP contribution in [0.1, 0.15) is 152 Å². The summed E-state index contributed by atoms with van der Waals surface area (Å²) in [5, 5.41) is 27.7. The zero-order chi connectivity index (χ0) is 45.9. The lowest BCUT2D eigenvalue weighted by atomic mass is 9.55. The molecule has 65 heavy (non-hydrogen) atoms. The van der Waals surface area contributed by atoms with Crippen molar-refractivity contribution in [3.8, 4) is 11.5 Å². The summed E-state index contributed by atoms with van der Waals surface area (Å²) in [4.78, 5) is 35.8. The van der Waals surface area contributed by atoms with Crippen LogP contribution >= 0.6 is 0 Å². The molecule has 2 heterocycles. The van der Waals surface area contributed by atoms with E-state index in [2.05, 4.69) is 24.9 Å². The number of rotatable bonds is 27. The molecule has 1 saturated carbocycles. The topological polar surface area (TPSA) is 148 Å². The van der Waals surface area contributed by atoms with Crippen LogP contribution in [0.2, 0.25) is 0 Å². The molecule has 2 amide bonds. The Kier molecular flexibility index (Phi) is 20.2. The first-order valence-corrected chi connectivity index (χ1v) is 24.9. The van der Waals surface area contributed by atoms with E-state index in [4.69, 9.17) is 28.9 Å². The number of likely N-dealkylation sites (N-methyl/N-ethyl adjacent to an activating group) is 1. The summed E-state index contributed by atoms with van der Waals surface area (Å²) in [5.74, 6) is -0.927. The summed E-state index contributed by atoms with van der Waals surface area (Å²) in [6.07, 6.45) is 21.5. The van der Waals surface area contributed by atoms with Crippen molar-refractivity contribution < 1.29 is 43.6 Å². The molecule has 0 radical (unpaired) electrons. The van der Waals surface area contributed by atoms with Gasteiger partial charge in [-0.1, -0.05) is 119 Å². The monoisotopic (exact) mass is 900 g/mol. The maximum Gasteiger partial charge on any atom is 0.412 e. The van der Waals surface area contributed by atoms with Gasteiger partial charge in [-0.05, 0) is 86.1 Å². The lowest BCUT2D eigenvalue weighted by Gasteiger charge is -2.59. The number of carbonyl (C=O) groups is 2. The second kappa shape index (κ2) is 26.2. The zero-order valence-electron chi connectivity index (χ0n) is 39.3. The molecule has 4 aliphatic rings. The Morgan fingerprint density at radius 3 is 2.38 bits per heavy atom. The minimum atomic E-state index is -1.35. The largest absolute Gasteiger partial charge is 0.459 e. The number of hydrogen-bond donors (Lipinski definition) is 3. The third-order valence-corrected chi connectivity index (χ3v) is 13.9. The smallest absolute Gasteiger partial charge is 0.412 e. The van der Waals surface area contributed by atoms with Gasteiger partial charge in [-0.15, -0.1) is 6.58 Å². The van der Waals surface area contributed by atoms with E-state index in [0.717, 1.165) is 86.6 Å². The highest BCUT2D eigenvalue weighted by molar-refractivity contribution is 6.03. The highest BCUT2D eigenvalue weighted by Gasteiger charge is 2.65. The number of ether oxygens (including phenoxy) is 4. The van der Waals surface area contributed by atoms with Crippen LogP contribution in [0.3, 0.4) is 0 Å². The molecule has 0 spiro atoms. The molecule has 12 heteroatoms.